The van der Waals surface area contributed by atoms with Crippen molar-refractivity contribution in [2.45, 2.75) is 63.3 Å². The summed E-state index contributed by atoms with van der Waals surface area (Å²) in [6.07, 6.45) is 1.14. The van der Waals surface area contributed by atoms with Crippen LogP contribution in [0.5, 0.6) is 0 Å². The van der Waals surface area contributed by atoms with Gasteiger partial charge in [-0.25, -0.2) is 13.1 Å². The minimum Gasteiger partial charge on any atom is -0.481 e. The van der Waals surface area contributed by atoms with Gasteiger partial charge in [0.2, 0.25) is 10.0 Å². The maximum atomic E-state index is 12.4. The van der Waals surface area contributed by atoms with Crippen LogP contribution in [0, 0.1) is 0 Å². The first-order valence-electron chi connectivity index (χ1n) is 7.43. The van der Waals surface area contributed by atoms with Crippen molar-refractivity contribution in [1.82, 2.24) is 4.72 Å². The molecule has 124 valence electrons. The lowest BCUT2D eigenvalue weighted by atomic mass is 9.99. The van der Waals surface area contributed by atoms with E-state index in [9.17, 15) is 13.2 Å². The quantitative estimate of drug-likeness (QED) is 0.768. The van der Waals surface area contributed by atoms with Crippen molar-refractivity contribution < 1.29 is 18.3 Å². The molecule has 0 saturated heterocycles. The minimum absolute atomic E-state index is 0.0809. The van der Waals surface area contributed by atoms with E-state index in [1.165, 1.54) is 0 Å². The zero-order chi connectivity index (χ0) is 17.0. The highest BCUT2D eigenvalue weighted by molar-refractivity contribution is 7.89. The fourth-order valence-corrected chi connectivity index (χ4v) is 3.55. The third-order valence-electron chi connectivity index (χ3n) is 3.75. The molecule has 0 heterocycles. The topological polar surface area (TPSA) is 83.5 Å². The van der Waals surface area contributed by atoms with Gasteiger partial charge in [0.1, 0.15) is 0 Å². The largest absolute Gasteiger partial charge is 0.481 e. The second-order valence-corrected chi connectivity index (χ2v) is 7.94. The molecule has 6 heteroatoms. The van der Waals surface area contributed by atoms with E-state index in [4.69, 9.17) is 5.11 Å². The SMILES string of the molecule is CCC(C)c1ccc(S(=O)(=O)NC(C)(C)CCC(=O)O)cc1. The summed E-state index contributed by atoms with van der Waals surface area (Å²) in [6.45, 7) is 7.54. The molecule has 1 aromatic rings. The third-order valence-corrected chi connectivity index (χ3v) is 5.46. The fraction of sp³-hybridized carbons (Fsp3) is 0.562. The Morgan fingerprint density at radius 3 is 2.27 bits per heavy atom. The van der Waals surface area contributed by atoms with Gasteiger partial charge in [-0.3, -0.25) is 4.79 Å². The Labute approximate surface area is 132 Å². The van der Waals surface area contributed by atoms with Gasteiger partial charge < -0.3 is 5.11 Å². The number of sulfonamides is 1. The number of carbonyl (C=O) groups is 1. The molecular weight excluding hydrogens is 302 g/mol. The van der Waals surface area contributed by atoms with Crippen molar-refractivity contribution in [3.63, 3.8) is 0 Å². The van der Waals surface area contributed by atoms with Crippen molar-refractivity contribution in [3.8, 4) is 0 Å². The van der Waals surface area contributed by atoms with E-state index in [0.717, 1.165) is 12.0 Å². The predicted molar refractivity (Wildman–Crippen MR) is 86.4 cm³/mol. The van der Waals surface area contributed by atoms with Gasteiger partial charge in [0.25, 0.3) is 0 Å². The van der Waals surface area contributed by atoms with Crippen molar-refractivity contribution in [1.29, 1.82) is 0 Å². The highest BCUT2D eigenvalue weighted by Crippen LogP contribution is 2.22. The molecule has 22 heavy (non-hydrogen) atoms. The van der Waals surface area contributed by atoms with Gasteiger partial charge in [-0.15, -0.1) is 0 Å². The van der Waals surface area contributed by atoms with Gasteiger partial charge in [-0.05, 0) is 50.3 Å². The number of aliphatic carboxylic acids is 1. The van der Waals surface area contributed by atoms with Crippen LogP contribution in [0.25, 0.3) is 0 Å². The lowest BCUT2D eigenvalue weighted by molar-refractivity contribution is -0.137. The monoisotopic (exact) mass is 327 g/mol. The molecule has 1 aromatic carbocycles. The highest BCUT2D eigenvalue weighted by Gasteiger charge is 2.26. The summed E-state index contributed by atoms with van der Waals surface area (Å²) in [5.41, 5.74) is 0.290. The highest BCUT2D eigenvalue weighted by atomic mass is 32.2. The average molecular weight is 327 g/mol. The Balaban J connectivity index is 2.88. The molecule has 0 radical (unpaired) electrons. The smallest absolute Gasteiger partial charge is 0.303 e. The molecule has 5 nitrogen and oxygen atoms in total. The van der Waals surface area contributed by atoms with Gasteiger partial charge >= 0.3 is 5.97 Å². The normalized spacial score (nSPS) is 13.8. The first-order valence-corrected chi connectivity index (χ1v) is 8.91. The van der Waals surface area contributed by atoms with Crippen LogP contribution in [0.15, 0.2) is 29.2 Å². The van der Waals surface area contributed by atoms with Crippen molar-refractivity contribution in [3.05, 3.63) is 29.8 Å². The molecule has 0 aliphatic rings. The molecule has 0 aromatic heterocycles. The summed E-state index contributed by atoms with van der Waals surface area (Å²) < 4.78 is 27.3. The van der Waals surface area contributed by atoms with Crippen LogP contribution >= 0.6 is 0 Å². The Hall–Kier alpha value is -1.40. The molecule has 2 N–H and O–H groups in total. The molecule has 0 aliphatic carbocycles. The van der Waals surface area contributed by atoms with Crippen LogP contribution in [0.4, 0.5) is 0 Å². The fourth-order valence-electron chi connectivity index (χ4n) is 2.10. The van der Waals surface area contributed by atoms with Crippen LogP contribution in [0.2, 0.25) is 0 Å². The molecule has 1 atom stereocenters. The van der Waals surface area contributed by atoms with Crippen LogP contribution in [-0.2, 0) is 14.8 Å². The van der Waals surface area contributed by atoms with Gasteiger partial charge in [-0.1, -0.05) is 26.0 Å². The number of nitrogens with one attached hydrogen (secondary N) is 1. The van der Waals surface area contributed by atoms with E-state index < -0.39 is 21.5 Å². The van der Waals surface area contributed by atoms with Crippen molar-refractivity contribution >= 4 is 16.0 Å². The zero-order valence-corrected chi connectivity index (χ0v) is 14.4. The number of hydrogen-bond acceptors (Lipinski definition) is 3. The lowest BCUT2D eigenvalue weighted by Crippen LogP contribution is -2.43. The molecule has 0 bridgehead atoms. The molecule has 1 rings (SSSR count). The number of rotatable bonds is 8. The van der Waals surface area contributed by atoms with Crippen LogP contribution in [-0.4, -0.2) is 25.0 Å². The third kappa shape index (κ3) is 5.42. The Bertz CT molecular complexity index is 606. The number of benzene rings is 1. The molecule has 0 amide bonds. The number of hydrogen-bond donors (Lipinski definition) is 2. The van der Waals surface area contributed by atoms with Crippen molar-refractivity contribution in [2.75, 3.05) is 0 Å². The predicted octanol–water partition coefficient (Wildman–Crippen LogP) is 3.12. The lowest BCUT2D eigenvalue weighted by Gasteiger charge is -2.25. The second-order valence-electron chi connectivity index (χ2n) is 6.26. The summed E-state index contributed by atoms with van der Waals surface area (Å²) in [7, 11) is -3.66. The van der Waals surface area contributed by atoms with Crippen LogP contribution in [0.3, 0.4) is 0 Å². The molecule has 0 aliphatic heterocycles. The van der Waals surface area contributed by atoms with Gasteiger partial charge in [0.15, 0.2) is 0 Å². The van der Waals surface area contributed by atoms with Gasteiger partial charge in [0.05, 0.1) is 4.90 Å². The van der Waals surface area contributed by atoms with E-state index in [1.807, 2.05) is 12.1 Å². The van der Waals surface area contributed by atoms with Crippen LogP contribution in [0.1, 0.15) is 58.4 Å². The maximum absolute atomic E-state index is 12.4. The number of carboxylic acids is 1. The summed E-state index contributed by atoms with van der Waals surface area (Å²) in [5, 5.41) is 8.72. The molecule has 0 fully saturated rings. The summed E-state index contributed by atoms with van der Waals surface area (Å²) >= 11 is 0. The molecule has 0 saturated carbocycles. The summed E-state index contributed by atoms with van der Waals surface area (Å²) in [5.74, 6) is -0.554. The minimum atomic E-state index is -3.66. The second kappa shape index (κ2) is 7.24. The molecular formula is C16H25NO4S. The van der Waals surface area contributed by atoms with E-state index in [-0.39, 0.29) is 17.7 Å². The van der Waals surface area contributed by atoms with Gasteiger partial charge in [0, 0.05) is 12.0 Å². The number of carboxylic acid groups (broad SMARTS) is 1. The Morgan fingerprint density at radius 2 is 1.82 bits per heavy atom. The average Bonchev–Trinajstić information content (AvgIpc) is 2.43. The van der Waals surface area contributed by atoms with E-state index in [0.29, 0.717) is 5.92 Å². The Kier molecular flexibility index (Phi) is 6.14. The van der Waals surface area contributed by atoms with E-state index in [1.54, 1.807) is 26.0 Å². The van der Waals surface area contributed by atoms with Crippen LogP contribution < -0.4 is 4.72 Å². The summed E-state index contributed by atoms with van der Waals surface area (Å²) in [4.78, 5) is 10.8. The Morgan fingerprint density at radius 1 is 1.27 bits per heavy atom. The van der Waals surface area contributed by atoms with E-state index >= 15 is 0 Å². The molecule has 1 unspecified atom stereocenters. The van der Waals surface area contributed by atoms with E-state index in [2.05, 4.69) is 18.6 Å². The standard InChI is InChI=1S/C16H25NO4S/c1-5-12(2)13-6-8-14(9-7-13)22(20,21)17-16(3,4)11-10-15(18)19/h6-9,12,17H,5,10-11H2,1-4H3,(H,18,19). The van der Waals surface area contributed by atoms with Gasteiger partial charge in [-0.2, -0.15) is 0 Å². The van der Waals surface area contributed by atoms with Crippen molar-refractivity contribution in [2.24, 2.45) is 0 Å². The maximum Gasteiger partial charge on any atom is 0.303 e. The first-order chi connectivity index (χ1) is 10.1. The summed E-state index contributed by atoms with van der Waals surface area (Å²) in [6, 6.07) is 6.84. The molecule has 0 spiro atoms. The first kappa shape index (κ1) is 18.6. The zero-order valence-electron chi connectivity index (χ0n) is 13.6.